The fourth-order valence-corrected chi connectivity index (χ4v) is 2.10. The van der Waals surface area contributed by atoms with Crippen molar-refractivity contribution in [2.24, 2.45) is 11.8 Å². The summed E-state index contributed by atoms with van der Waals surface area (Å²) in [7, 11) is 0. The van der Waals surface area contributed by atoms with Gasteiger partial charge >= 0.3 is 5.97 Å². The second-order valence-electron chi connectivity index (χ2n) is 4.04. The van der Waals surface area contributed by atoms with Gasteiger partial charge in [0.15, 0.2) is 0 Å². The normalized spacial score (nSPS) is 20.6. The summed E-state index contributed by atoms with van der Waals surface area (Å²) in [5.74, 6) is -0.419. The molecule has 0 aromatic heterocycles. The van der Waals surface area contributed by atoms with Gasteiger partial charge < -0.3 is 9.84 Å². The Balaban J connectivity index is 2.43. The molecule has 0 bridgehead atoms. The lowest BCUT2D eigenvalue weighted by molar-refractivity contribution is -0.145. The summed E-state index contributed by atoms with van der Waals surface area (Å²) in [6.07, 6.45) is 4.76. The molecule has 0 aromatic rings. The summed E-state index contributed by atoms with van der Waals surface area (Å²) < 4.78 is 5.24. The zero-order chi connectivity index (χ0) is 10.4. The Morgan fingerprint density at radius 1 is 1.50 bits per heavy atom. The highest BCUT2D eigenvalue weighted by atomic mass is 16.5. The van der Waals surface area contributed by atoms with Crippen molar-refractivity contribution in [2.45, 2.75) is 39.0 Å². The monoisotopic (exact) mass is 200 g/mol. The molecular weight excluding hydrogens is 180 g/mol. The zero-order valence-corrected chi connectivity index (χ0v) is 8.87. The van der Waals surface area contributed by atoms with E-state index in [9.17, 15) is 4.79 Å². The molecule has 1 fully saturated rings. The van der Waals surface area contributed by atoms with Gasteiger partial charge in [-0.15, -0.1) is 0 Å². The molecule has 1 heterocycles. The second kappa shape index (κ2) is 6.02. The maximum atomic E-state index is 11.1. The van der Waals surface area contributed by atoms with E-state index in [-0.39, 0.29) is 5.92 Å². The molecule has 1 saturated heterocycles. The van der Waals surface area contributed by atoms with Gasteiger partial charge in [-0.05, 0) is 25.2 Å². The van der Waals surface area contributed by atoms with Crippen LogP contribution in [0.1, 0.15) is 39.0 Å². The first kappa shape index (κ1) is 11.5. The number of hydrogen-bond donors (Lipinski definition) is 1. The number of aliphatic carboxylic acids is 1. The Bertz CT molecular complexity index is 173. The van der Waals surface area contributed by atoms with Gasteiger partial charge in [0, 0.05) is 13.2 Å². The standard InChI is InChI=1S/C11H20O3/c1-2-3-4-10(11(12)13)9-5-7-14-8-6-9/h9-10H,2-8H2,1H3,(H,12,13). The predicted molar refractivity (Wildman–Crippen MR) is 54.2 cm³/mol. The molecule has 0 aliphatic carbocycles. The van der Waals surface area contributed by atoms with E-state index in [4.69, 9.17) is 9.84 Å². The van der Waals surface area contributed by atoms with E-state index in [1.54, 1.807) is 0 Å². The van der Waals surface area contributed by atoms with Crippen LogP contribution in [-0.2, 0) is 9.53 Å². The lowest BCUT2D eigenvalue weighted by atomic mass is 9.83. The fourth-order valence-electron chi connectivity index (χ4n) is 2.10. The summed E-state index contributed by atoms with van der Waals surface area (Å²) in [6, 6.07) is 0. The van der Waals surface area contributed by atoms with E-state index >= 15 is 0 Å². The fraction of sp³-hybridized carbons (Fsp3) is 0.909. The molecule has 14 heavy (non-hydrogen) atoms. The molecule has 3 nitrogen and oxygen atoms in total. The topological polar surface area (TPSA) is 46.5 Å². The number of carbonyl (C=O) groups is 1. The van der Waals surface area contributed by atoms with Crippen molar-refractivity contribution in [1.82, 2.24) is 0 Å². The van der Waals surface area contributed by atoms with E-state index in [1.165, 1.54) is 0 Å². The third-order valence-corrected chi connectivity index (χ3v) is 3.02. The van der Waals surface area contributed by atoms with Gasteiger partial charge in [-0.1, -0.05) is 19.8 Å². The lowest BCUT2D eigenvalue weighted by Crippen LogP contribution is -2.28. The number of carboxylic acids is 1. The van der Waals surface area contributed by atoms with Crippen molar-refractivity contribution < 1.29 is 14.6 Å². The van der Waals surface area contributed by atoms with Gasteiger partial charge in [0.1, 0.15) is 0 Å². The average Bonchev–Trinajstić information content (AvgIpc) is 2.19. The first-order valence-corrected chi connectivity index (χ1v) is 5.56. The van der Waals surface area contributed by atoms with Crippen LogP contribution in [0.25, 0.3) is 0 Å². The molecule has 3 heteroatoms. The third kappa shape index (κ3) is 3.29. The Hall–Kier alpha value is -0.570. The number of unbranched alkanes of at least 4 members (excludes halogenated alkanes) is 1. The number of rotatable bonds is 5. The average molecular weight is 200 g/mol. The first-order chi connectivity index (χ1) is 6.75. The minimum Gasteiger partial charge on any atom is -0.481 e. The maximum absolute atomic E-state index is 11.1. The third-order valence-electron chi connectivity index (χ3n) is 3.02. The van der Waals surface area contributed by atoms with Crippen LogP contribution >= 0.6 is 0 Å². The number of carboxylic acid groups (broad SMARTS) is 1. The predicted octanol–water partition coefficient (Wildman–Crippen LogP) is 2.30. The molecule has 1 unspecified atom stereocenters. The minimum atomic E-state index is -0.620. The van der Waals surface area contributed by atoms with Crippen molar-refractivity contribution >= 4 is 5.97 Å². The largest absolute Gasteiger partial charge is 0.481 e. The van der Waals surface area contributed by atoms with Crippen LogP contribution in [0.5, 0.6) is 0 Å². The summed E-state index contributed by atoms with van der Waals surface area (Å²) in [5, 5.41) is 9.11. The number of ether oxygens (including phenoxy) is 1. The molecular formula is C11H20O3. The van der Waals surface area contributed by atoms with E-state index in [1.807, 2.05) is 0 Å². The molecule has 0 spiro atoms. The Morgan fingerprint density at radius 3 is 2.64 bits per heavy atom. The zero-order valence-electron chi connectivity index (χ0n) is 8.87. The van der Waals surface area contributed by atoms with Crippen LogP contribution in [0.2, 0.25) is 0 Å². The molecule has 0 amide bonds. The maximum Gasteiger partial charge on any atom is 0.306 e. The van der Waals surface area contributed by atoms with Crippen LogP contribution in [-0.4, -0.2) is 24.3 Å². The van der Waals surface area contributed by atoms with Crippen LogP contribution < -0.4 is 0 Å². The van der Waals surface area contributed by atoms with Gasteiger partial charge in [0.2, 0.25) is 0 Å². The molecule has 1 rings (SSSR count). The number of hydrogen-bond acceptors (Lipinski definition) is 2. The van der Waals surface area contributed by atoms with Crippen LogP contribution in [0.3, 0.4) is 0 Å². The van der Waals surface area contributed by atoms with Gasteiger partial charge in [0.25, 0.3) is 0 Å². The van der Waals surface area contributed by atoms with Crippen molar-refractivity contribution in [2.75, 3.05) is 13.2 Å². The van der Waals surface area contributed by atoms with E-state index in [0.29, 0.717) is 5.92 Å². The van der Waals surface area contributed by atoms with Crippen molar-refractivity contribution in [3.05, 3.63) is 0 Å². The quantitative estimate of drug-likeness (QED) is 0.740. The highest BCUT2D eigenvalue weighted by molar-refractivity contribution is 5.70. The highest BCUT2D eigenvalue weighted by Crippen LogP contribution is 2.27. The van der Waals surface area contributed by atoms with Gasteiger partial charge in [0.05, 0.1) is 5.92 Å². The summed E-state index contributed by atoms with van der Waals surface area (Å²) in [5.41, 5.74) is 0. The summed E-state index contributed by atoms with van der Waals surface area (Å²) >= 11 is 0. The van der Waals surface area contributed by atoms with Crippen LogP contribution in [0, 0.1) is 11.8 Å². The van der Waals surface area contributed by atoms with Crippen LogP contribution in [0.4, 0.5) is 0 Å². The van der Waals surface area contributed by atoms with Crippen molar-refractivity contribution in [1.29, 1.82) is 0 Å². The second-order valence-corrected chi connectivity index (χ2v) is 4.04. The molecule has 0 saturated carbocycles. The molecule has 0 radical (unpaired) electrons. The SMILES string of the molecule is CCCCC(C(=O)O)C1CCOCC1. The molecule has 1 aliphatic rings. The Labute approximate surface area is 85.5 Å². The van der Waals surface area contributed by atoms with Gasteiger partial charge in [-0.25, -0.2) is 0 Å². The molecule has 82 valence electrons. The smallest absolute Gasteiger partial charge is 0.306 e. The van der Waals surface area contributed by atoms with Gasteiger partial charge in [-0.2, -0.15) is 0 Å². The lowest BCUT2D eigenvalue weighted by Gasteiger charge is -2.27. The summed E-state index contributed by atoms with van der Waals surface area (Å²) in [4.78, 5) is 11.1. The molecule has 0 aromatic carbocycles. The molecule has 1 atom stereocenters. The molecule has 1 aliphatic heterocycles. The molecule has 1 N–H and O–H groups in total. The van der Waals surface area contributed by atoms with Crippen LogP contribution in [0.15, 0.2) is 0 Å². The van der Waals surface area contributed by atoms with Crippen molar-refractivity contribution in [3.63, 3.8) is 0 Å². The first-order valence-electron chi connectivity index (χ1n) is 5.56. The van der Waals surface area contributed by atoms with E-state index < -0.39 is 5.97 Å². The van der Waals surface area contributed by atoms with E-state index in [0.717, 1.165) is 45.3 Å². The Morgan fingerprint density at radius 2 is 2.14 bits per heavy atom. The summed E-state index contributed by atoms with van der Waals surface area (Å²) in [6.45, 7) is 3.57. The van der Waals surface area contributed by atoms with Crippen molar-refractivity contribution in [3.8, 4) is 0 Å². The Kier molecular flexibility index (Phi) is 4.94. The van der Waals surface area contributed by atoms with E-state index in [2.05, 4.69) is 6.92 Å². The highest BCUT2D eigenvalue weighted by Gasteiger charge is 2.28. The minimum absolute atomic E-state index is 0.140. The van der Waals surface area contributed by atoms with Gasteiger partial charge in [-0.3, -0.25) is 4.79 Å².